The van der Waals surface area contributed by atoms with Gasteiger partial charge in [0.1, 0.15) is 0 Å². The minimum Gasteiger partial charge on any atom is -0.389 e. The highest BCUT2D eigenvalue weighted by Crippen LogP contribution is 2.27. The summed E-state index contributed by atoms with van der Waals surface area (Å²) in [5.74, 6) is 0. The number of benzene rings is 1. The molecule has 4 heteroatoms. The van der Waals surface area contributed by atoms with Crippen LogP contribution in [-0.4, -0.2) is 40.8 Å². The topological polar surface area (TPSA) is 52.5 Å². The van der Waals surface area contributed by atoms with Crippen molar-refractivity contribution in [3.05, 3.63) is 30.3 Å². The first-order chi connectivity index (χ1) is 7.27. The number of hydrogen-bond donors (Lipinski definition) is 3. The predicted octanol–water partition coefficient (Wildman–Crippen LogP) is 0.472. The van der Waals surface area contributed by atoms with Crippen LogP contribution in [0.5, 0.6) is 0 Å². The second-order valence-corrected chi connectivity index (χ2v) is 5.00. The fourth-order valence-corrected chi connectivity index (χ4v) is 2.83. The summed E-state index contributed by atoms with van der Waals surface area (Å²) in [6.07, 6.45) is -1.29. The van der Waals surface area contributed by atoms with Crippen molar-refractivity contribution in [2.75, 3.05) is 13.1 Å². The van der Waals surface area contributed by atoms with Gasteiger partial charge in [0.15, 0.2) is 0 Å². The molecule has 1 heterocycles. The Balaban J connectivity index is 1.99. The molecule has 1 saturated heterocycles. The van der Waals surface area contributed by atoms with Crippen molar-refractivity contribution in [3.63, 3.8) is 0 Å². The second kappa shape index (κ2) is 4.99. The van der Waals surface area contributed by atoms with Gasteiger partial charge in [0.25, 0.3) is 0 Å². The highest BCUT2D eigenvalue weighted by molar-refractivity contribution is 8.00. The summed E-state index contributed by atoms with van der Waals surface area (Å²) in [4.78, 5) is 1.12. The lowest BCUT2D eigenvalue weighted by molar-refractivity contribution is 0.00465. The summed E-state index contributed by atoms with van der Waals surface area (Å²) in [6.45, 7) is 1.21. The molecule has 0 aromatic heterocycles. The van der Waals surface area contributed by atoms with Gasteiger partial charge in [0, 0.05) is 18.0 Å². The summed E-state index contributed by atoms with van der Waals surface area (Å²) in [5.41, 5.74) is 0. The lowest BCUT2D eigenvalue weighted by Gasteiger charge is -2.31. The smallest absolute Gasteiger partial charge is 0.0945 e. The van der Waals surface area contributed by atoms with Crippen molar-refractivity contribution in [2.45, 2.75) is 22.4 Å². The Kier molecular flexibility index (Phi) is 3.64. The Morgan fingerprint density at radius 3 is 2.60 bits per heavy atom. The van der Waals surface area contributed by atoms with Crippen LogP contribution in [0.2, 0.25) is 0 Å². The number of nitrogens with one attached hydrogen (secondary N) is 1. The number of rotatable bonds is 2. The fraction of sp³-hybridized carbons (Fsp3) is 0.455. The van der Waals surface area contributed by atoms with Crippen LogP contribution in [0.3, 0.4) is 0 Å². The van der Waals surface area contributed by atoms with Gasteiger partial charge >= 0.3 is 0 Å². The van der Waals surface area contributed by atoms with Gasteiger partial charge in [0.2, 0.25) is 0 Å². The third kappa shape index (κ3) is 2.72. The third-order valence-electron chi connectivity index (χ3n) is 2.50. The summed E-state index contributed by atoms with van der Waals surface area (Å²) in [7, 11) is 0. The predicted molar refractivity (Wildman–Crippen MR) is 61.0 cm³/mol. The molecular formula is C11H15NO2S. The van der Waals surface area contributed by atoms with Crippen molar-refractivity contribution in [1.29, 1.82) is 0 Å². The summed E-state index contributed by atoms with van der Waals surface area (Å²) in [5, 5.41) is 22.4. The molecule has 1 aromatic carbocycles. The van der Waals surface area contributed by atoms with E-state index in [-0.39, 0.29) is 5.25 Å². The van der Waals surface area contributed by atoms with Crippen LogP contribution in [0.15, 0.2) is 35.2 Å². The Morgan fingerprint density at radius 2 is 1.87 bits per heavy atom. The highest BCUT2D eigenvalue weighted by atomic mass is 32.2. The molecule has 0 saturated carbocycles. The van der Waals surface area contributed by atoms with E-state index in [1.807, 2.05) is 30.3 Å². The first kappa shape index (κ1) is 11.0. The van der Waals surface area contributed by atoms with E-state index in [1.54, 1.807) is 11.8 Å². The van der Waals surface area contributed by atoms with E-state index in [0.29, 0.717) is 6.54 Å². The van der Waals surface area contributed by atoms with Crippen LogP contribution in [0.4, 0.5) is 0 Å². The zero-order valence-electron chi connectivity index (χ0n) is 8.34. The number of piperidine rings is 1. The van der Waals surface area contributed by atoms with Gasteiger partial charge in [-0.2, -0.15) is 0 Å². The van der Waals surface area contributed by atoms with E-state index in [9.17, 15) is 10.2 Å². The summed E-state index contributed by atoms with van der Waals surface area (Å²) < 4.78 is 0. The van der Waals surface area contributed by atoms with E-state index in [0.717, 1.165) is 11.4 Å². The van der Waals surface area contributed by atoms with Crippen LogP contribution in [0.25, 0.3) is 0 Å². The van der Waals surface area contributed by atoms with Crippen molar-refractivity contribution in [3.8, 4) is 0 Å². The molecule has 0 spiro atoms. The molecular weight excluding hydrogens is 210 g/mol. The normalized spacial score (nSPS) is 31.5. The Bertz CT molecular complexity index is 307. The maximum Gasteiger partial charge on any atom is 0.0945 e. The lowest BCUT2D eigenvalue weighted by atomic mass is 10.1. The first-order valence-electron chi connectivity index (χ1n) is 5.06. The largest absolute Gasteiger partial charge is 0.389 e. The second-order valence-electron chi connectivity index (χ2n) is 3.69. The zero-order valence-corrected chi connectivity index (χ0v) is 9.15. The molecule has 82 valence electrons. The molecule has 3 nitrogen and oxygen atoms in total. The number of aliphatic hydroxyl groups excluding tert-OH is 2. The Hall–Kier alpha value is -0.550. The quantitative estimate of drug-likeness (QED) is 0.685. The van der Waals surface area contributed by atoms with Gasteiger partial charge < -0.3 is 15.5 Å². The number of hydrogen-bond acceptors (Lipinski definition) is 4. The lowest BCUT2D eigenvalue weighted by Crippen LogP contribution is -2.52. The average Bonchev–Trinajstić information content (AvgIpc) is 2.26. The van der Waals surface area contributed by atoms with Gasteiger partial charge in [-0.15, -0.1) is 11.8 Å². The molecule has 1 aromatic rings. The molecule has 0 bridgehead atoms. The minimum atomic E-state index is -0.653. The molecule has 1 fully saturated rings. The van der Waals surface area contributed by atoms with Crippen LogP contribution in [-0.2, 0) is 0 Å². The van der Waals surface area contributed by atoms with Crippen molar-refractivity contribution < 1.29 is 10.2 Å². The minimum absolute atomic E-state index is 0.0242. The van der Waals surface area contributed by atoms with Crippen LogP contribution in [0, 0.1) is 0 Å². The van der Waals surface area contributed by atoms with Gasteiger partial charge in [-0.3, -0.25) is 0 Å². The fourth-order valence-electron chi connectivity index (χ4n) is 1.65. The monoisotopic (exact) mass is 225 g/mol. The maximum atomic E-state index is 9.79. The SMILES string of the molecule is O[C@H]1[C@H](O)CNC[C@@H]1Sc1ccccc1. The molecule has 1 aliphatic heterocycles. The average molecular weight is 225 g/mol. The standard InChI is InChI=1S/C11H15NO2S/c13-9-6-12-7-10(11(9)14)15-8-4-2-1-3-5-8/h1-5,9-14H,6-7H2/t9-,10+,11+/m1/s1. The van der Waals surface area contributed by atoms with Crippen molar-refractivity contribution in [2.24, 2.45) is 0 Å². The van der Waals surface area contributed by atoms with Gasteiger partial charge in [0.05, 0.1) is 17.5 Å². The van der Waals surface area contributed by atoms with Crippen molar-refractivity contribution >= 4 is 11.8 Å². The first-order valence-corrected chi connectivity index (χ1v) is 5.94. The number of aliphatic hydroxyl groups is 2. The molecule has 15 heavy (non-hydrogen) atoms. The Labute approximate surface area is 93.5 Å². The third-order valence-corrected chi connectivity index (χ3v) is 3.80. The van der Waals surface area contributed by atoms with Gasteiger partial charge in [-0.25, -0.2) is 0 Å². The van der Waals surface area contributed by atoms with Gasteiger partial charge in [-0.05, 0) is 12.1 Å². The van der Waals surface area contributed by atoms with Crippen LogP contribution >= 0.6 is 11.8 Å². The Morgan fingerprint density at radius 1 is 1.13 bits per heavy atom. The molecule has 3 N–H and O–H groups in total. The number of thioether (sulfide) groups is 1. The molecule has 1 aliphatic rings. The molecule has 3 atom stereocenters. The summed E-state index contributed by atoms with van der Waals surface area (Å²) >= 11 is 1.60. The van der Waals surface area contributed by atoms with Crippen molar-refractivity contribution in [1.82, 2.24) is 5.32 Å². The van der Waals surface area contributed by atoms with E-state index >= 15 is 0 Å². The van der Waals surface area contributed by atoms with E-state index in [4.69, 9.17) is 0 Å². The maximum absolute atomic E-state index is 9.79. The van der Waals surface area contributed by atoms with E-state index in [2.05, 4.69) is 5.32 Å². The van der Waals surface area contributed by atoms with Gasteiger partial charge in [-0.1, -0.05) is 18.2 Å². The van der Waals surface area contributed by atoms with Crippen LogP contribution < -0.4 is 5.32 Å². The van der Waals surface area contributed by atoms with Crippen LogP contribution in [0.1, 0.15) is 0 Å². The molecule has 0 unspecified atom stereocenters. The molecule has 0 amide bonds. The summed E-state index contributed by atoms with van der Waals surface area (Å²) in [6, 6.07) is 9.94. The van der Waals surface area contributed by atoms with E-state index in [1.165, 1.54) is 0 Å². The highest BCUT2D eigenvalue weighted by Gasteiger charge is 2.30. The molecule has 0 aliphatic carbocycles. The zero-order chi connectivity index (χ0) is 10.7. The molecule has 2 rings (SSSR count). The number of β-amino-alcohol motifs (C(OH)–C–C–N with tert-alkyl or cyclic N) is 1. The van der Waals surface area contributed by atoms with E-state index < -0.39 is 12.2 Å². The molecule has 0 radical (unpaired) electrons.